The van der Waals surface area contributed by atoms with Crippen molar-refractivity contribution in [1.82, 2.24) is 10.2 Å². The molecule has 1 fully saturated rings. The summed E-state index contributed by atoms with van der Waals surface area (Å²) < 4.78 is 0. The summed E-state index contributed by atoms with van der Waals surface area (Å²) in [6.45, 7) is 3.47. The molecule has 1 saturated heterocycles. The van der Waals surface area contributed by atoms with E-state index in [0.29, 0.717) is 5.56 Å². The van der Waals surface area contributed by atoms with Crippen LogP contribution >= 0.6 is 0 Å². The van der Waals surface area contributed by atoms with Gasteiger partial charge in [0.15, 0.2) is 0 Å². The number of imide groups is 1. The molecule has 2 rings (SSSR count). The number of benzene rings is 1. The number of aliphatic carboxylic acids is 1. The molecular formula is C15H18N2O4. The second-order valence-electron chi connectivity index (χ2n) is 5.62. The van der Waals surface area contributed by atoms with E-state index in [1.165, 1.54) is 0 Å². The molecule has 112 valence electrons. The summed E-state index contributed by atoms with van der Waals surface area (Å²) in [6, 6.07) is 8.81. The Labute approximate surface area is 122 Å². The van der Waals surface area contributed by atoms with Crippen LogP contribution in [0.25, 0.3) is 0 Å². The van der Waals surface area contributed by atoms with Gasteiger partial charge in [-0.25, -0.2) is 0 Å². The van der Waals surface area contributed by atoms with Gasteiger partial charge in [-0.1, -0.05) is 30.3 Å². The van der Waals surface area contributed by atoms with Crippen LogP contribution in [0.5, 0.6) is 0 Å². The zero-order chi connectivity index (χ0) is 15.6. The van der Waals surface area contributed by atoms with Gasteiger partial charge in [-0.05, 0) is 19.4 Å². The van der Waals surface area contributed by atoms with E-state index >= 15 is 0 Å². The highest BCUT2D eigenvalue weighted by molar-refractivity contribution is 6.03. The summed E-state index contributed by atoms with van der Waals surface area (Å²) in [5, 5.41) is 11.7. The van der Waals surface area contributed by atoms with Gasteiger partial charge in [0.1, 0.15) is 0 Å². The lowest BCUT2D eigenvalue weighted by atomic mass is 9.93. The topological polar surface area (TPSA) is 86.7 Å². The Morgan fingerprint density at radius 2 is 1.95 bits per heavy atom. The molecule has 2 amide bonds. The molecule has 6 heteroatoms. The van der Waals surface area contributed by atoms with Crippen LogP contribution in [-0.2, 0) is 14.4 Å². The number of carbonyl (C=O) groups excluding carboxylic acids is 2. The third kappa shape index (κ3) is 3.11. The van der Waals surface area contributed by atoms with Crippen LogP contribution in [-0.4, -0.2) is 46.4 Å². The molecule has 6 nitrogen and oxygen atoms in total. The van der Waals surface area contributed by atoms with Gasteiger partial charge in [0.05, 0.1) is 18.0 Å². The van der Waals surface area contributed by atoms with E-state index in [1.807, 2.05) is 6.07 Å². The van der Waals surface area contributed by atoms with E-state index in [4.69, 9.17) is 0 Å². The molecular weight excluding hydrogens is 272 g/mol. The average molecular weight is 290 g/mol. The van der Waals surface area contributed by atoms with E-state index in [0.717, 1.165) is 0 Å². The first-order valence-corrected chi connectivity index (χ1v) is 6.69. The Morgan fingerprint density at radius 3 is 2.52 bits per heavy atom. The van der Waals surface area contributed by atoms with Crippen LogP contribution in [0.3, 0.4) is 0 Å². The number of carboxylic acids is 1. The minimum absolute atomic E-state index is 0.00928. The molecule has 1 aliphatic rings. The van der Waals surface area contributed by atoms with Gasteiger partial charge >= 0.3 is 5.97 Å². The third-order valence-corrected chi connectivity index (χ3v) is 3.84. The Balaban J connectivity index is 2.26. The molecule has 0 spiro atoms. The maximum absolute atomic E-state index is 11.9. The number of hydrogen-bond acceptors (Lipinski definition) is 4. The molecule has 21 heavy (non-hydrogen) atoms. The molecule has 1 atom stereocenters. The van der Waals surface area contributed by atoms with E-state index in [9.17, 15) is 19.5 Å². The maximum atomic E-state index is 11.9. The third-order valence-electron chi connectivity index (χ3n) is 3.84. The average Bonchev–Trinajstić information content (AvgIpc) is 2.42. The Kier molecular flexibility index (Phi) is 4.09. The van der Waals surface area contributed by atoms with Crippen LogP contribution in [0.15, 0.2) is 30.3 Å². The first-order chi connectivity index (χ1) is 9.82. The minimum atomic E-state index is -0.976. The fourth-order valence-corrected chi connectivity index (χ4v) is 2.36. The van der Waals surface area contributed by atoms with Gasteiger partial charge in [-0.15, -0.1) is 0 Å². The fraction of sp³-hybridized carbons (Fsp3) is 0.400. The van der Waals surface area contributed by atoms with Crippen LogP contribution in [0.4, 0.5) is 0 Å². The van der Waals surface area contributed by atoms with Crippen molar-refractivity contribution in [2.45, 2.75) is 25.3 Å². The van der Waals surface area contributed by atoms with Crippen molar-refractivity contribution in [3.8, 4) is 0 Å². The molecule has 1 unspecified atom stereocenters. The van der Waals surface area contributed by atoms with Gasteiger partial charge in [-0.2, -0.15) is 0 Å². The zero-order valence-electron chi connectivity index (χ0n) is 12.0. The molecule has 0 aromatic heterocycles. The van der Waals surface area contributed by atoms with E-state index < -0.39 is 29.2 Å². The van der Waals surface area contributed by atoms with Crippen LogP contribution < -0.4 is 5.32 Å². The molecule has 1 aliphatic heterocycles. The first kappa shape index (κ1) is 15.2. The molecule has 1 heterocycles. The van der Waals surface area contributed by atoms with Crippen molar-refractivity contribution < 1.29 is 19.5 Å². The summed E-state index contributed by atoms with van der Waals surface area (Å²) in [7, 11) is 0. The molecule has 2 N–H and O–H groups in total. The number of rotatable bonds is 4. The van der Waals surface area contributed by atoms with E-state index in [1.54, 1.807) is 43.0 Å². The predicted molar refractivity (Wildman–Crippen MR) is 75.6 cm³/mol. The number of piperazine rings is 1. The van der Waals surface area contributed by atoms with E-state index in [-0.39, 0.29) is 13.1 Å². The number of carboxylic acid groups (broad SMARTS) is 1. The van der Waals surface area contributed by atoms with Crippen molar-refractivity contribution in [3.05, 3.63) is 35.9 Å². The van der Waals surface area contributed by atoms with Gasteiger partial charge in [-0.3, -0.25) is 24.6 Å². The Bertz CT molecular complexity index is 568. The number of carbonyl (C=O) groups is 3. The van der Waals surface area contributed by atoms with E-state index in [2.05, 4.69) is 5.32 Å². The van der Waals surface area contributed by atoms with Crippen molar-refractivity contribution in [2.24, 2.45) is 0 Å². The largest absolute Gasteiger partial charge is 0.481 e. The molecule has 0 radical (unpaired) electrons. The summed E-state index contributed by atoms with van der Waals surface area (Å²) in [5.74, 6) is -2.58. The first-order valence-electron chi connectivity index (χ1n) is 6.69. The number of amides is 2. The van der Waals surface area contributed by atoms with Crippen LogP contribution in [0.1, 0.15) is 25.3 Å². The monoisotopic (exact) mass is 290 g/mol. The predicted octanol–water partition coefficient (Wildman–Crippen LogP) is 0.592. The molecule has 0 aliphatic carbocycles. The number of nitrogens with one attached hydrogen (secondary N) is 1. The Hall–Kier alpha value is -2.21. The normalized spacial score (nSPS) is 19.9. The molecule has 0 bridgehead atoms. The lowest BCUT2D eigenvalue weighted by Crippen LogP contribution is -2.64. The summed E-state index contributed by atoms with van der Waals surface area (Å²) >= 11 is 0. The minimum Gasteiger partial charge on any atom is -0.481 e. The second kappa shape index (κ2) is 5.65. The van der Waals surface area contributed by atoms with Crippen molar-refractivity contribution in [3.63, 3.8) is 0 Å². The highest BCUT2D eigenvalue weighted by Crippen LogP contribution is 2.24. The number of nitrogens with zero attached hydrogens (tertiary/aromatic N) is 1. The fourth-order valence-electron chi connectivity index (χ4n) is 2.36. The molecule has 0 saturated carbocycles. The van der Waals surface area contributed by atoms with Crippen molar-refractivity contribution in [2.75, 3.05) is 13.1 Å². The van der Waals surface area contributed by atoms with Crippen LogP contribution in [0.2, 0.25) is 0 Å². The highest BCUT2D eigenvalue weighted by atomic mass is 16.4. The van der Waals surface area contributed by atoms with Crippen LogP contribution in [0, 0.1) is 0 Å². The van der Waals surface area contributed by atoms with Gasteiger partial charge in [0.25, 0.3) is 0 Å². The lowest BCUT2D eigenvalue weighted by Gasteiger charge is -2.41. The quantitative estimate of drug-likeness (QED) is 0.793. The summed E-state index contributed by atoms with van der Waals surface area (Å²) in [5.41, 5.74) is -0.268. The summed E-state index contributed by atoms with van der Waals surface area (Å²) in [4.78, 5) is 36.6. The maximum Gasteiger partial charge on any atom is 0.312 e. The zero-order valence-corrected chi connectivity index (χ0v) is 12.0. The second-order valence-corrected chi connectivity index (χ2v) is 5.62. The lowest BCUT2D eigenvalue weighted by molar-refractivity contribution is -0.148. The van der Waals surface area contributed by atoms with Crippen molar-refractivity contribution >= 4 is 17.8 Å². The standard InChI is InChI=1S/C15H18N2O4/c1-15(2)14(21)16-12(18)9-17(15)8-11(13(19)20)10-6-4-3-5-7-10/h3-7,11H,8-9H2,1-2H3,(H,19,20)(H,16,18,21). The smallest absolute Gasteiger partial charge is 0.312 e. The summed E-state index contributed by atoms with van der Waals surface area (Å²) in [6.07, 6.45) is 0. The molecule has 1 aromatic rings. The number of hydrogen-bond donors (Lipinski definition) is 2. The van der Waals surface area contributed by atoms with Gasteiger partial charge in [0, 0.05) is 6.54 Å². The SMILES string of the molecule is CC1(C)C(=O)NC(=O)CN1CC(C(=O)O)c1ccccc1. The molecule has 1 aromatic carbocycles. The highest BCUT2D eigenvalue weighted by Gasteiger charge is 2.42. The van der Waals surface area contributed by atoms with Gasteiger partial charge < -0.3 is 5.11 Å². The Morgan fingerprint density at radius 1 is 1.33 bits per heavy atom. The van der Waals surface area contributed by atoms with Gasteiger partial charge in [0.2, 0.25) is 11.8 Å². The van der Waals surface area contributed by atoms with Crippen molar-refractivity contribution in [1.29, 1.82) is 0 Å².